The predicted octanol–water partition coefficient (Wildman–Crippen LogP) is 0.182. The van der Waals surface area contributed by atoms with Crippen molar-refractivity contribution in [2.45, 2.75) is 17.7 Å². The molecule has 2 aliphatic rings. The molecule has 0 spiro atoms. The molecule has 2 unspecified atom stereocenters. The summed E-state index contributed by atoms with van der Waals surface area (Å²) in [5.74, 6) is 0.372. The normalized spacial score (nSPS) is 40.7. The van der Waals surface area contributed by atoms with Crippen molar-refractivity contribution in [3.63, 3.8) is 0 Å². The van der Waals surface area contributed by atoms with E-state index in [2.05, 4.69) is 4.99 Å². The lowest BCUT2D eigenvalue weighted by atomic mass is 10.0. The van der Waals surface area contributed by atoms with Crippen LogP contribution in [0.25, 0.3) is 0 Å². The van der Waals surface area contributed by atoms with Crippen LogP contribution in [0.15, 0.2) is 4.99 Å². The molecule has 2 aliphatic heterocycles. The highest BCUT2D eigenvalue weighted by molar-refractivity contribution is 8.93. The number of thioether (sulfide) groups is 1. The van der Waals surface area contributed by atoms with Crippen LogP contribution in [-0.2, 0) is 9.84 Å². The van der Waals surface area contributed by atoms with Gasteiger partial charge in [0.15, 0.2) is 15.0 Å². The van der Waals surface area contributed by atoms with Gasteiger partial charge in [-0.3, -0.25) is 4.99 Å². The number of hydrogen-bond acceptors (Lipinski definition) is 5. The SMILES string of the molecule is Br.CC12CS(=O)(=O)CC1SC(N)=N2. The van der Waals surface area contributed by atoms with E-state index < -0.39 is 15.4 Å². The lowest BCUT2D eigenvalue weighted by Gasteiger charge is -2.15. The van der Waals surface area contributed by atoms with Crippen molar-refractivity contribution in [3.05, 3.63) is 0 Å². The van der Waals surface area contributed by atoms with E-state index in [4.69, 9.17) is 5.73 Å². The summed E-state index contributed by atoms with van der Waals surface area (Å²) in [5.41, 5.74) is 5.07. The van der Waals surface area contributed by atoms with Gasteiger partial charge in [-0.1, -0.05) is 11.8 Å². The summed E-state index contributed by atoms with van der Waals surface area (Å²) in [6, 6.07) is 0. The quantitative estimate of drug-likeness (QED) is 0.690. The van der Waals surface area contributed by atoms with Crippen molar-refractivity contribution in [3.8, 4) is 0 Å². The lowest BCUT2D eigenvalue weighted by Crippen LogP contribution is -2.30. The van der Waals surface area contributed by atoms with Crippen molar-refractivity contribution in [2.75, 3.05) is 11.5 Å². The highest BCUT2D eigenvalue weighted by Gasteiger charge is 2.51. The zero-order valence-electron chi connectivity index (χ0n) is 7.06. The van der Waals surface area contributed by atoms with E-state index in [0.717, 1.165) is 0 Å². The monoisotopic (exact) mass is 286 g/mol. The van der Waals surface area contributed by atoms with Crippen LogP contribution >= 0.6 is 28.7 Å². The Balaban J connectivity index is 0.000000845. The molecule has 7 heteroatoms. The molecule has 13 heavy (non-hydrogen) atoms. The van der Waals surface area contributed by atoms with Crippen LogP contribution in [0.3, 0.4) is 0 Å². The second kappa shape index (κ2) is 3.13. The Morgan fingerprint density at radius 3 is 2.85 bits per heavy atom. The Morgan fingerprint density at radius 2 is 2.31 bits per heavy atom. The summed E-state index contributed by atoms with van der Waals surface area (Å²) in [4.78, 5) is 4.16. The van der Waals surface area contributed by atoms with Crippen molar-refractivity contribution < 1.29 is 8.42 Å². The molecule has 4 nitrogen and oxygen atoms in total. The fraction of sp³-hybridized carbons (Fsp3) is 0.833. The first-order chi connectivity index (χ1) is 5.41. The summed E-state index contributed by atoms with van der Waals surface area (Å²) in [5, 5.41) is 0.569. The second-order valence-electron chi connectivity index (χ2n) is 3.47. The van der Waals surface area contributed by atoms with Gasteiger partial charge in [0.25, 0.3) is 0 Å². The van der Waals surface area contributed by atoms with Crippen LogP contribution in [0, 0.1) is 0 Å². The van der Waals surface area contributed by atoms with E-state index in [-0.39, 0.29) is 33.7 Å². The Kier molecular flexibility index (Phi) is 2.73. The number of sulfone groups is 1. The van der Waals surface area contributed by atoms with Crippen molar-refractivity contribution in [2.24, 2.45) is 10.7 Å². The maximum Gasteiger partial charge on any atom is 0.154 e. The lowest BCUT2D eigenvalue weighted by molar-refractivity contribution is 0.554. The Hall–Kier alpha value is 0.250. The maximum atomic E-state index is 11.2. The number of aliphatic imine (C=N–C) groups is 1. The molecule has 0 aromatic carbocycles. The zero-order valence-corrected chi connectivity index (χ0v) is 10.4. The Morgan fingerprint density at radius 1 is 1.69 bits per heavy atom. The standard InChI is InChI=1S/C6H10N2O2S2.BrH/c1-6-3-12(9,10)2-4(6)11-5(7)8-6;/h4H,2-3H2,1H3,(H2,7,8);1H. The van der Waals surface area contributed by atoms with Gasteiger partial charge < -0.3 is 5.73 Å². The molecule has 0 saturated carbocycles. The van der Waals surface area contributed by atoms with Crippen LogP contribution in [0.2, 0.25) is 0 Å². The first-order valence-corrected chi connectivity index (χ1v) is 6.34. The van der Waals surface area contributed by atoms with Gasteiger partial charge in [0.05, 0.1) is 22.3 Å². The molecular weight excluding hydrogens is 276 g/mol. The fourth-order valence-corrected chi connectivity index (χ4v) is 5.73. The van der Waals surface area contributed by atoms with Gasteiger partial charge in [0, 0.05) is 0 Å². The third-order valence-electron chi connectivity index (χ3n) is 2.24. The largest absolute Gasteiger partial charge is 0.379 e. The summed E-state index contributed by atoms with van der Waals surface area (Å²) in [7, 11) is -2.87. The molecule has 0 radical (unpaired) electrons. The van der Waals surface area contributed by atoms with Crippen molar-refractivity contribution >= 4 is 43.7 Å². The van der Waals surface area contributed by atoms with E-state index in [1.54, 1.807) is 0 Å². The molecule has 2 N–H and O–H groups in total. The number of nitrogens with zero attached hydrogens (tertiary/aromatic N) is 1. The van der Waals surface area contributed by atoms with Crippen LogP contribution in [0.1, 0.15) is 6.92 Å². The van der Waals surface area contributed by atoms with E-state index in [9.17, 15) is 8.42 Å². The minimum Gasteiger partial charge on any atom is -0.379 e. The molecule has 0 aromatic rings. The van der Waals surface area contributed by atoms with E-state index in [1.807, 2.05) is 6.92 Å². The number of nitrogens with two attached hydrogens (primary N) is 1. The second-order valence-corrected chi connectivity index (χ2v) is 6.80. The molecular formula is C6H11BrN2O2S2. The van der Waals surface area contributed by atoms with Gasteiger partial charge in [-0.05, 0) is 6.92 Å². The van der Waals surface area contributed by atoms with E-state index in [0.29, 0.717) is 5.17 Å². The van der Waals surface area contributed by atoms with Gasteiger partial charge in [-0.2, -0.15) is 0 Å². The fourth-order valence-electron chi connectivity index (χ4n) is 1.70. The van der Waals surface area contributed by atoms with Gasteiger partial charge in [0.2, 0.25) is 0 Å². The van der Waals surface area contributed by atoms with Crippen LogP contribution < -0.4 is 5.73 Å². The highest BCUT2D eigenvalue weighted by atomic mass is 79.9. The number of rotatable bonds is 0. The minimum absolute atomic E-state index is 0. The molecule has 2 heterocycles. The highest BCUT2D eigenvalue weighted by Crippen LogP contribution is 2.40. The molecule has 0 aromatic heterocycles. The molecule has 2 atom stereocenters. The van der Waals surface area contributed by atoms with Crippen LogP contribution in [0.5, 0.6) is 0 Å². The van der Waals surface area contributed by atoms with Crippen LogP contribution in [-0.4, -0.2) is 35.9 Å². The summed E-state index contributed by atoms with van der Waals surface area (Å²) < 4.78 is 22.5. The first-order valence-electron chi connectivity index (χ1n) is 3.64. The number of fused-ring (bicyclic) bond motifs is 1. The summed E-state index contributed by atoms with van der Waals surface area (Å²) in [6.45, 7) is 1.86. The van der Waals surface area contributed by atoms with E-state index >= 15 is 0 Å². The smallest absolute Gasteiger partial charge is 0.154 e. The third-order valence-corrected chi connectivity index (χ3v) is 5.61. The Bertz CT molecular complexity index is 354. The third kappa shape index (κ3) is 1.87. The van der Waals surface area contributed by atoms with Crippen molar-refractivity contribution in [1.82, 2.24) is 0 Å². The number of halogens is 1. The van der Waals surface area contributed by atoms with Gasteiger partial charge in [-0.25, -0.2) is 8.42 Å². The van der Waals surface area contributed by atoms with Gasteiger partial charge in [-0.15, -0.1) is 17.0 Å². The molecule has 1 saturated heterocycles. The maximum absolute atomic E-state index is 11.2. The predicted molar refractivity (Wildman–Crippen MR) is 60.4 cm³/mol. The van der Waals surface area contributed by atoms with Crippen molar-refractivity contribution in [1.29, 1.82) is 0 Å². The average molecular weight is 287 g/mol. The Labute approximate surface area is 92.0 Å². The van der Waals surface area contributed by atoms with Crippen LogP contribution in [0.4, 0.5) is 0 Å². The molecule has 1 fully saturated rings. The zero-order chi connectivity index (χ0) is 8.98. The number of hydrogen-bond donors (Lipinski definition) is 1. The molecule has 0 bridgehead atoms. The number of amidine groups is 1. The molecule has 0 aliphatic carbocycles. The molecule has 76 valence electrons. The molecule has 0 amide bonds. The van der Waals surface area contributed by atoms with Gasteiger partial charge >= 0.3 is 0 Å². The minimum atomic E-state index is -2.87. The molecule has 2 rings (SSSR count). The van der Waals surface area contributed by atoms with Gasteiger partial charge in [0.1, 0.15) is 0 Å². The topological polar surface area (TPSA) is 72.5 Å². The van der Waals surface area contributed by atoms with E-state index in [1.165, 1.54) is 11.8 Å². The summed E-state index contributed by atoms with van der Waals surface area (Å²) in [6.07, 6.45) is 0. The first kappa shape index (κ1) is 11.3. The average Bonchev–Trinajstić information content (AvgIpc) is 2.11. The summed E-state index contributed by atoms with van der Waals surface area (Å²) >= 11 is 1.39.